The molecule has 2 amide bonds. The molecular formula is C27H34N2O5. The lowest BCUT2D eigenvalue weighted by Crippen LogP contribution is -2.48. The Morgan fingerprint density at radius 1 is 1.00 bits per heavy atom. The fraction of sp³-hybridized carbons (Fsp3) is 0.444. The van der Waals surface area contributed by atoms with E-state index in [4.69, 9.17) is 4.74 Å². The summed E-state index contributed by atoms with van der Waals surface area (Å²) in [4.78, 5) is 36.5. The lowest BCUT2D eigenvalue weighted by molar-refractivity contribution is -0.144. The van der Waals surface area contributed by atoms with Crippen LogP contribution < -0.4 is 10.6 Å². The Kier molecular flexibility index (Phi) is 7.97. The molecule has 0 radical (unpaired) electrons. The lowest BCUT2D eigenvalue weighted by Gasteiger charge is -2.26. The normalized spacial score (nSPS) is 13.7. The molecular weight excluding hydrogens is 432 g/mol. The van der Waals surface area contributed by atoms with E-state index in [0.717, 1.165) is 22.3 Å². The van der Waals surface area contributed by atoms with Gasteiger partial charge in [-0.2, -0.15) is 0 Å². The second kappa shape index (κ2) is 10.7. The number of alkyl carbamates (subject to hydrolysis) is 1. The average Bonchev–Trinajstić information content (AvgIpc) is 3.10. The summed E-state index contributed by atoms with van der Waals surface area (Å²) >= 11 is 0. The second-order valence-electron chi connectivity index (χ2n) is 9.88. The smallest absolute Gasteiger partial charge is 0.407 e. The Morgan fingerprint density at radius 3 is 2.09 bits per heavy atom. The molecule has 0 aliphatic heterocycles. The second-order valence-corrected chi connectivity index (χ2v) is 9.88. The SMILES string of the molecule is CC(C)C[C@@H](NC(=O)C(C)(C)CCNC(=O)OCC1c2ccccc2-c2ccccc21)C(=O)O. The van der Waals surface area contributed by atoms with Crippen molar-refractivity contribution in [3.05, 3.63) is 59.7 Å². The molecule has 2 aromatic carbocycles. The first kappa shape index (κ1) is 25.3. The minimum Gasteiger partial charge on any atom is -0.480 e. The fourth-order valence-electron chi connectivity index (χ4n) is 4.29. The number of rotatable bonds is 10. The Morgan fingerprint density at radius 2 is 1.56 bits per heavy atom. The predicted octanol–water partition coefficient (Wildman–Crippen LogP) is 4.56. The molecule has 7 nitrogen and oxygen atoms in total. The van der Waals surface area contributed by atoms with Gasteiger partial charge < -0.3 is 20.5 Å². The molecule has 2 aromatic rings. The number of nitrogens with one attached hydrogen (secondary N) is 2. The molecule has 3 rings (SSSR count). The molecule has 1 aliphatic rings. The molecule has 1 atom stereocenters. The van der Waals surface area contributed by atoms with E-state index in [2.05, 4.69) is 34.9 Å². The highest BCUT2D eigenvalue weighted by Crippen LogP contribution is 2.44. The number of carbonyl (C=O) groups is 3. The number of fused-ring (bicyclic) bond motifs is 3. The molecule has 3 N–H and O–H groups in total. The van der Waals surface area contributed by atoms with E-state index >= 15 is 0 Å². The third kappa shape index (κ3) is 5.95. The Labute approximate surface area is 200 Å². The average molecular weight is 467 g/mol. The number of benzene rings is 2. The van der Waals surface area contributed by atoms with Crippen LogP contribution in [0.4, 0.5) is 4.79 Å². The van der Waals surface area contributed by atoms with Crippen LogP contribution in [0.25, 0.3) is 11.1 Å². The number of carboxylic acid groups (broad SMARTS) is 1. The summed E-state index contributed by atoms with van der Waals surface area (Å²) in [7, 11) is 0. The highest BCUT2D eigenvalue weighted by atomic mass is 16.5. The molecule has 1 aliphatic carbocycles. The molecule has 34 heavy (non-hydrogen) atoms. The number of hydrogen-bond acceptors (Lipinski definition) is 4. The van der Waals surface area contributed by atoms with Crippen LogP contribution in [0.1, 0.15) is 57.6 Å². The van der Waals surface area contributed by atoms with Gasteiger partial charge in [0.05, 0.1) is 0 Å². The van der Waals surface area contributed by atoms with Gasteiger partial charge in [0.25, 0.3) is 0 Å². The number of carboxylic acids is 1. The van der Waals surface area contributed by atoms with E-state index in [1.165, 1.54) is 0 Å². The Bertz CT molecular complexity index is 1000. The Balaban J connectivity index is 1.50. The molecule has 0 heterocycles. The van der Waals surface area contributed by atoms with Crippen molar-refractivity contribution in [1.82, 2.24) is 10.6 Å². The fourth-order valence-corrected chi connectivity index (χ4v) is 4.29. The molecule has 0 saturated heterocycles. The van der Waals surface area contributed by atoms with Gasteiger partial charge in [0.1, 0.15) is 12.6 Å². The van der Waals surface area contributed by atoms with Crippen LogP contribution in [0.2, 0.25) is 0 Å². The van der Waals surface area contributed by atoms with Crippen molar-refractivity contribution in [2.75, 3.05) is 13.2 Å². The van der Waals surface area contributed by atoms with Gasteiger partial charge in [-0.05, 0) is 41.0 Å². The van der Waals surface area contributed by atoms with Crippen LogP contribution in [-0.4, -0.2) is 42.3 Å². The van der Waals surface area contributed by atoms with Crippen LogP contribution in [0.5, 0.6) is 0 Å². The van der Waals surface area contributed by atoms with Crippen molar-refractivity contribution in [1.29, 1.82) is 0 Å². The lowest BCUT2D eigenvalue weighted by atomic mass is 9.87. The number of aliphatic carboxylic acids is 1. The topological polar surface area (TPSA) is 105 Å². The summed E-state index contributed by atoms with van der Waals surface area (Å²) in [6.45, 7) is 7.74. The molecule has 0 fully saturated rings. The Hall–Kier alpha value is -3.35. The van der Waals surface area contributed by atoms with Crippen molar-refractivity contribution >= 4 is 18.0 Å². The van der Waals surface area contributed by atoms with E-state index in [9.17, 15) is 19.5 Å². The zero-order valence-electron chi connectivity index (χ0n) is 20.3. The van der Waals surface area contributed by atoms with Crippen molar-refractivity contribution in [3.8, 4) is 11.1 Å². The summed E-state index contributed by atoms with van der Waals surface area (Å²) in [6, 6.07) is 15.3. The molecule has 0 saturated carbocycles. The standard InChI is InChI=1S/C27H34N2O5/c1-17(2)15-23(24(30)31)29-25(32)27(3,4)13-14-28-26(33)34-16-22-20-11-7-5-9-18(20)19-10-6-8-12-21(19)22/h5-12,17,22-23H,13-16H2,1-4H3,(H,28,33)(H,29,32)(H,30,31)/t23-/m1/s1. The summed E-state index contributed by atoms with van der Waals surface area (Å²) in [5, 5.41) is 14.7. The van der Waals surface area contributed by atoms with E-state index in [1.54, 1.807) is 13.8 Å². The number of carbonyl (C=O) groups excluding carboxylic acids is 2. The molecule has 0 unspecified atom stereocenters. The largest absolute Gasteiger partial charge is 0.480 e. The van der Waals surface area contributed by atoms with E-state index in [-0.39, 0.29) is 30.9 Å². The van der Waals surface area contributed by atoms with Crippen molar-refractivity contribution in [2.24, 2.45) is 11.3 Å². The third-order valence-electron chi connectivity index (χ3n) is 6.29. The predicted molar refractivity (Wildman–Crippen MR) is 130 cm³/mol. The van der Waals surface area contributed by atoms with Crippen molar-refractivity contribution in [3.63, 3.8) is 0 Å². The molecule has 0 spiro atoms. The van der Waals surface area contributed by atoms with Crippen LogP contribution in [0.3, 0.4) is 0 Å². The summed E-state index contributed by atoms with van der Waals surface area (Å²) in [5.41, 5.74) is 3.77. The number of hydrogen-bond donors (Lipinski definition) is 3. The monoisotopic (exact) mass is 466 g/mol. The summed E-state index contributed by atoms with van der Waals surface area (Å²) in [6.07, 6.45) is 0.160. The molecule has 0 bridgehead atoms. The summed E-state index contributed by atoms with van der Waals surface area (Å²) in [5.74, 6) is -1.28. The van der Waals surface area contributed by atoms with Gasteiger partial charge in [-0.15, -0.1) is 0 Å². The summed E-state index contributed by atoms with van der Waals surface area (Å²) < 4.78 is 5.53. The first-order valence-corrected chi connectivity index (χ1v) is 11.7. The third-order valence-corrected chi connectivity index (χ3v) is 6.29. The van der Waals surface area contributed by atoms with Crippen LogP contribution in [-0.2, 0) is 14.3 Å². The highest BCUT2D eigenvalue weighted by molar-refractivity contribution is 5.87. The van der Waals surface area contributed by atoms with Crippen molar-refractivity contribution in [2.45, 2.75) is 52.5 Å². The zero-order chi connectivity index (χ0) is 24.9. The maximum absolute atomic E-state index is 12.7. The van der Waals surface area contributed by atoms with Crippen LogP contribution in [0, 0.1) is 11.3 Å². The van der Waals surface area contributed by atoms with Gasteiger partial charge in [-0.1, -0.05) is 76.2 Å². The molecule has 7 heteroatoms. The highest BCUT2D eigenvalue weighted by Gasteiger charge is 2.32. The van der Waals surface area contributed by atoms with E-state index in [1.807, 2.05) is 38.1 Å². The van der Waals surface area contributed by atoms with Crippen LogP contribution >= 0.6 is 0 Å². The molecule has 0 aromatic heterocycles. The minimum atomic E-state index is -1.05. The maximum Gasteiger partial charge on any atom is 0.407 e. The first-order chi connectivity index (χ1) is 16.1. The van der Waals surface area contributed by atoms with Gasteiger partial charge >= 0.3 is 12.1 Å². The first-order valence-electron chi connectivity index (χ1n) is 11.7. The number of amides is 2. The molecule has 182 valence electrons. The minimum absolute atomic E-state index is 0.0192. The van der Waals surface area contributed by atoms with E-state index in [0.29, 0.717) is 12.8 Å². The van der Waals surface area contributed by atoms with Gasteiger partial charge in [0.2, 0.25) is 5.91 Å². The van der Waals surface area contributed by atoms with Gasteiger partial charge in [0.15, 0.2) is 0 Å². The van der Waals surface area contributed by atoms with Gasteiger partial charge in [-0.3, -0.25) is 4.79 Å². The quantitative estimate of drug-likeness (QED) is 0.476. The van der Waals surface area contributed by atoms with Gasteiger partial charge in [-0.25, -0.2) is 9.59 Å². The number of ether oxygens (including phenoxy) is 1. The van der Waals surface area contributed by atoms with Crippen molar-refractivity contribution < 1.29 is 24.2 Å². The van der Waals surface area contributed by atoms with E-state index < -0.39 is 23.5 Å². The van der Waals surface area contributed by atoms with Crippen LogP contribution in [0.15, 0.2) is 48.5 Å². The maximum atomic E-state index is 12.7. The zero-order valence-corrected chi connectivity index (χ0v) is 20.3. The van der Waals surface area contributed by atoms with Gasteiger partial charge in [0, 0.05) is 17.9 Å².